The molecule has 2 N–H and O–H groups in total. The van der Waals surface area contributed by atoms with Gasteiger partial charge in [0.25, 0.3) is 5.91 Å². The standard InChI is InChI=1S/C19H20F3N3O4/c1-4-29-17(27)18(19(20,21)22,24-15-10-5-12(2)11-23-15)25-16(26)13-6-8-14(28-3)9-7-13/h5-11H,4H2,1-3H3,(H,23,24)(H,25,26)/t18-/m1/s1. The Morgan fingerprint density at radius 1 is 1.10 bits per heavy atom. The summed E-state index contributed by atoms with van der Waals surface area (Å²) >= 11 is 0. The number of methoxy groups -OCH3 is 1. The van der Waals surface area contributed by atoms with E-state index in [4.69, 9.17) is 4.74 Å². The number of amides is 1. The van der Waals surface area contributed by atoms with Crippen molar-refractivity contribution in [3.63, 3.8) is 0 Å². The van der Waals surface area contributed by atoms with Crippen molar-refractivity contribution in [2.24, 2.45) is 0 Å². The molecule has 1 heterocycles. The van der Waals surface area contributed by atoms with Crippen LogP contribution in [0.25, 0.3) is 0 Å². The fourth-order valence-corrected chi connectivity index (χ4v) is 2.35. The Morgan fingerprint density at radius 2 is 1.76 bits per heavy atom. The SMILES string of the molecule is CCOC(=O)[C@](NC(=O)c1ccc(OC)cc1)(Nc1ccc(C)cn1)C(F)(F)F. The Balaban J connectivity index is 2.46. The molecule has 0 radical (unpaired) electrons. The lowest BCUT2D eigenvalue weighted by atomic mass is 10.1. The van der Waals surface area contributed by atoms with Gasteiger partial charge in [-0.2, -0.15) is 13.2 Å². The number of benzene rings is 1. The van der Waals surface area contributed by atoms with Gasteiger partial charge in [-0.15, -0.1) is 0 Å². The maximum atomic E-state index is 14.1. The van der Waals surface area contributed by atoms with E-state index >= 15 is 0 Å². The minimum absolute atomic E-state index is 0.109. The van der Waals surface area contributed by atoms with Gasteiger partial charge in [0, 0.05) is 11.8 Å². The molecule has 0 aliphatic heterocycles. The number of nitrogens with one attached hydrogen (secondary N) is 2. The van der Waals surface area contributed by atoms with Crippen LogP contribution in [0.2, 0.25) is 0 Å². The predicted octanol–water partition coefficient (Wildman–Crippen LogP) is 3.06. The smallest absolute Gasteiger partial charge is 0.441 e. The highest BCUT2D eigenvalue weighted by Crippen LogP contribution is 2.33. The summed E-state index contributed by atoms with van der Waals surface area (Å²) in [6, 6.07) is 8.11. The monoisotopic (exact) mass is 411 g/mol. The Labute approximate surface area is 165 Å². The summed E-state index contributed by atoms with van der Waals surface area (Å²) in [5.74, 6) is -2.71. The number of ether oxygens (including phenoxy) is 2. The van der Waals surface area contributed by atoms with Gasteiger partial charge in [0.2, 0.25) is 0 Å². The van der Waals surface area contributed by atoms with Crippen LogP contribution in [0.15, 0.2) is 42.6 Å². The highest BCUT2D eigenvalue weighted by atomic mass is 19.4. The van der Waals surface area contributed by atoms with Crippen molar-refractivity contribution in [2.75, 3.05) is 19.0 Å². The van der Waals surface area contributed by atoms with Crippen LogP contribution in [0, 0.1) is 6.92 Å². The highest BCUT2D eigenvalue weighted by molar-refractivity contribution is 5.99. The van der Waals surface area contributed by atoms with E-state index in [1.807, 2.05) is 5.32 Å². The Morgan fingerprint density at radius 3 is 2.24 bits per heavy atom. The number of halogens is 3. The van der Waals surface area contributed by atoms with E-state index in [9.17, 15) is 22.8 Å². The molecule has 1 aromatic heterocycles. The molecule has 0 unspecified atom stereocenters. The van der Waals surface area contributed by atoms with Crippen molar-refractivity contribution in [1.29, 1.82) is 0 Å². The lowest BCUT2D eigenvalue weighted by Gasteiger charge is -2.35. The van der Waals surface area contributed by atoms with Crippen molar-refractivity contribution in [3.05, 3.63) is 53.7 Å². The minimum atomic E-state index is -5.24. The third-order valence-electron chi connectivity index (χ3n) is 3.89. The Bertz CT molecular complexity index is 854. The second-order valence-electron chi connectivity index (χ2n) is 6.00. The molecular weight excluding hydrogens is 391 g/mol. The van der Waals surface area contributed by atoms with Gasteiger partial charge in [0.1, 0.15) is 11.6 Å². The average Bonchev–Trinajstić information content (AvgIpc) is 2.68. The van der Waals surface area contributed by atoms with Gasteiger partial charge in [-0.05, 0) is 49.7 Å². The van der Waals surface area contributed by atoms with E-state index < -0.39 is 23.7 Å². The van der Waals surface area contributed by atoms with Crippen LogP contribution >= 0.6 is 0 Å². The lowest BCUT2D eigenvalue weighted by Crippen LogP contribution is -2.69. The topological polar surface area (TPSA) is 89.5 Å². The van der Waals surface area contributed by atoms with Gasteiger partial charge in [0.05, 0.1) is 13.7 Å². The van der Waals surface area contributed by atoms with Gasteiger partial charge >= 0.3 is 17.8 Å². The van der Waals surface area contributed by atoms with Crippen LogP contribution in [0.4, 0.5) is 19.0 Å². The van der Waals surface area contributed by atoms with Crippen molar-refractivity contribution in [1.82, 2.24) is 10.3 Å². The largest absolute Gasteiger partial charge is 0.497 e. The number of aromatic nitrogens is 1. The zero-order valence-corrected chi connectivity index (χ0v) is 16.0. The Kier molecular flexibility index (Phi) is 6.68. The minimum Gasteiger partial charge on any atom is -0.497 e. The number of nitrogens with zero attached hydrogens (tertiary/aromatic N) is 1. The maximum Gasteiger partial charge on any atom is 0.441 e. The molecule has 7 nitrogen and oxygen atoms in total. The maximum absolute atomic E-state index is 14.1. The molecule has 10 heteroatoms. The number of aryl methyl sites for hydroxylation is 1. The molecule has 29 heavy (non-hydrogen) atoms. The van der Waals surface area contributed by atoms with E-state index in [0.29, 0.717) is 11.3 Å². The fourth-order valence-electron chi connectivity index (χ4n) is 2.35. The van der Waals surface area contributed by atoms with Gasteiger partial charge in [-0.1, -0.05) is 6.07 Å². The van der Waals surface area contributed by atoms with E-state index in [0.717, 1.165) is 0 Å². The molecule has 0 fully saturated rings. The molecule has 0 bridgehead atoms. The van der Waals surface area contributed by atoms with E-state index in [1.165, 1.54) is 56.6 Å². The van der Waals surface area contributed by atoms with Gasteiger partial charge in [0.15, 0.2) is 0 Å². The van der Waals surface area contributed by atoms with E-state index in [2.05, 4.69) is 9.72 Å². The zero-order valence-electron chi connectivity index (χ0n) is 16.0. The van der Waals surface area contributed by atoms with Gasteiger partial charge < -0.3 is 20.1 Å². The molecule has 2 rings (SSSR count). The fraction of sp³-hybridized carbons (Fsp3) is 0.316. The summed E-state index contributed by atoms with van der Waals surface area (Å²) in [4.78, 5) is 28.8. The highest BCUT2D eigenvalue weighted by Gasteiger charge is 2.64. The molecule has 1 aromatic carbocycles. The number of carbonyl (C=O) groups is 2. The Hall–Kier alpha value is -3.30. The third kappa shape index (κ3) is 4.95. The molecule has 0 spiro atoms. The first-order chi connectivity index (χ1) is 13.6. The lowest BCUT2D eigenvalue weighted by molar-refractivity contribution is -0.204. The number of alkyl halides is 3. The van der Waals surface area contributed by atoms with E-state index in [1.54, 1.807) is 12.2 Å². The summed E-state index contributed by atoms with van der Waals surface area (Å²) < 4.78 is 51.8. The summed E-state index contributed by atoms with van der Waals surface area (Å²) in [5, 5.41) is 3.74. The first kappa shape index (κ1) is 22.0. The van der Waals surface area contributed by atoms with Crippen LogP contribution in [0.1, 0.15) is 22.8 Å². The summed E-state index contributed by atoms with van der Waals surface area (Å²) in [5.41, 5.74) is -2.95. The molecule has 2 aromatic rings. The molecule has 0 saturated carbocycles. The number of hydrogen-bond donors (Lipinski definition) is 2. The van der Waals surface area contributed by atoms with E-state index in [-0.39, 0.29) is 18.0 Å². The molecule has 156 valence electrons. The van der Waals surface area contributed by atoms with Crippen molar-refractivity contribution >= 4 is 17.7 Å². The average molecular weight is 411 g/mol. The van der Waals surface area contributed by atoms with Crippen molar-refractivity contribution in [2.45, 2.75) is 25.7 Å². The van der Waals surface area contributed by atoms with Crippen LogP contribution in [-0.4, -0.2) is 42.4 Å². The number of hydrogen-bond acceptors (Lipinski definition) is 6. The number of carbonyl (C=O) groups excluding carboxylic acids is 2. The molecular formula is C19H20F3N3O4. The number of esters is 1. The number of anilines is 1. The second-order valence-corrected chi connectivity index (χ2v) is 6.00. The molecule has 1 atom stereocenters. The summed E-state index contributed by atoms with van der Waals surface area (Å²) in [7, 11) is 1.41. The van der Waals surface area contributed by atoms with Crippen LogP contribution in [0.3, 0.4) is 0 Å². The molecule has 0 aliphatic carbocycles. The quantitative estimate of drug-likeness (QED) is 0.538. The number of pyridine rings is 1. The van der Waals surface area contributed by atoms with Crippen LogP contribution in [0.5, 0.6) is 5.75 Å². The zero-order chi connectivity index (χ0) is 21.7. The first-order valence-corrected chi connectivity index (χ1v) is 8.54. The third-order valence-corrected chi connectivity index (χ3v) is 3.89. The van der Waals surface area contributed by atoms with Gasteiger partial charge in [-0.3, -0.25) is 4.79 Å². The summed E-state index contributed by atoms with van der Waals surface area (Å²) in [6.07, 6.45) is -3.92. The van der Waals surface area contributed by atoms with Crippen molar-refractivity contribution < 1.29 is 32.2 Å². The van der Waals surface area contributed by atoms with Gasteiger partial charge in [-0.25, -0.2) is 9.78 Å². The van der Waals surface area contributed by atoms with Crippen LogP contribution in [-0.2, 0) is 9.53 Å². The van der Waals surface area contributed by atoms with Crippen LogP contribution < -0.4 is 15.4 Å². The summed E-state index contributed by atoms with van der Waals surface area (Å²) in [6.45, 7) is 2.73. The molecule has 0 aliphatic rings. The predicted molar refractivity (Wildman–Crippen MR) is 98.5 cm³/mol. The molecule has 0 saturated heterocycles. The van der Waals surface area contributed by atoms with Crippen molar-refractivity contribution in [3.8, 4) is 5.75 Å². The number of rotatable bonds is 7. The first-order valence-electron chi connectivity index (χ1n) is 8.54. The second kappa shape index (κ2) is 8.80. The normalized spacial score (nSPS) is 13.2. The molecule has 1 amide bonds.